The van der Waals surface area contributed by atoms with Crippen molar-refractivity contribution in [2.75, 3.05) is 39.8 Å². The Morgan fingerprint density at radius 2 is 0.353 bits per heavy atom. The fourth-order valence-electron chi connectivity index (χ4n) is 15.3. The molecule has 0 aromatic rings. The van der Waals surface area contributed by atoms with Crippen LogP contribution in [0.2, 0.25) is 0 Å². The van der Waals surface area contributed by atoms with E-state index >= 15 is 0 Å². The highest BCUT2D eigenvalue weighted by molar-refractivity contribution is 5.99. The zero-order valence-corrected chi connectivity index (χ0v) is 93.8. The summed E-state index contributed by atoms with van der Waals surface area (Å²) in [6.07, 6.45) is 25.8. The molecule has 0 aliphatic rings. The van der Waals surface area contributed by atoms with E-state index in [-0.39, 0.29) is 176 Å². The maximum atomic E-state index is 12.2. The first-order valence-corrected chi connectivity index (χ1v) is 56.8. The van der Waals surface area contributed by atoms with Crippen LogP contribution >= 0.6 is 0 Å². The summed E-state index contributed by atoms with van der Waals surface area (Å²) in [7, 11) is 0. The largest absolute Gasteiger partial charge is 0.465 e. The standard InChI is InChI=1S/C37H66N2O12.C34H62N2O10.C31H58N2O8.C9H16O2.CH4/c1-5-9-11-19-30(50-36(46)25-34(44)48-23-7-3)28(40)17-13-15-21-32(42)38-27-39-33(43)22-16-14-18-29(41)31(20-12-10-6-2)51-37(47)26-35(45)49-24-8-4;1-5-9-11-19-28(45-32(41)8-4)26(37)17-13-15-21-30(39)35-25-36-31(40)22-16-14-18-27(38)29(20-12-10-6-2)46-34(43)24-33(42)44-23-7-3;1-5-9-11-19-26(40-30(38)7-3)24(34)17-13-15-21-28(36)32-23-33-29(37)22-16-14-18-25(35)27(20-12-10-6-2)41-31(39)8-4;1-3-5-8(10)7-9(11)6-4-2;/h28-31,40-41H,5-27H2,1-4H3,(H,38,42)(H,39,43);26-29,37-38H,5-25H2,1-4H3,(H,35,39)(H,36,40);24-27,34-35H,5-23H2,1-4H3,(H,32,36)(H,33,37);3-7H2,1-2H3;1H4. The molecule has 0 bridgehead atoms. The molecule has 0 saturated carbocycles. The lowest BCUT2D eigenvalue weighted by Crippen LogP contribution is -2.37. The highest BCUT2D eigenvalue weighted by Crippen LogP contribution is 2.25. The van der Waals surface area contributed by atoms with Crippen LogP contribution in [0.3, 0.4) is 0 Å². The number of aliphatic hydroxyl groups is 6. The van der Waals surface area contributed by atoms with Crippen LogP contribution in [0.5, 0.6) is 0 Å². The summed E-state index contributed by atoms with van der Waals surface area (Å²) in [4.78, 5) is 202. The molecular weight excluding hydrogens is 1940 g/mol. The third-order valence-corrected chi connectivity index (χ3v) is 24.0. The molecule has 12 atom stereocenters. The summed E-state index contributed by atoms with van der Waals surface area (Å²) in [6.45, 7) is 27.7. The number of ether oxygens (including phenoxy) is 9. The number of hydrogen-bond donors (Lipinski definition) is 12. The Hall–Kier alpha value is -8.85. The highest BCUT2D eigenvalue weighted by atomic mass is 16.6. The molecule has 0 heterocycles. The van der Waals surface area contributed by atoms with E-state index in [0.29, 0.717) is 186 Å². The lowest BCUT2D eigenvalue weighted by molar-refractivity contribution is -0.164. The number of ketones is 2. The summed E-state index contributed by atoms with van der Waals surface area (Å²) in [5.41, 5.74) is 0. The van der Waals surface area contributed by atoms with Crippen molar-refractivity contribution in [1.29, 1.82) is 0 Å². The van der Waals surface area contributed by atoms with Crippen LogP contribution in [0.1, 0.15) is 502 Å². The van der Waals surface area contributed by atoms with Crippen LogP contribution < -0.4 is 31.9 Å². The number of aliphatic hydroxyl groups excluding tert-OH is 6. The van der Waals surface area contributed by atoms with Gasteiger partial charge in [0.15, 0.2) is 0 Å². The van der Waals surface area contributed by atoms with E-state index in [1.165, 1.54) is 0 Å². The molecule has 0 radical (unpaired) electrons. The minimum atomic E-state index is -0.927. The van der Waals surface area contributed by atoms with Gasteiger partial charge in [0, 0.05) is 70.6 Å². The monoisotopic (exact) mass is 2150 g/mol. The number of carbonyl (C=O) groups is 17. The highest BCUT2D eigenvalue weighted by Gasteiger charge is 2.31. The van der Waals surface area contributed by atoms with Crippen molar-refractivity contribution in [3.63, 3.8) is 0 Å². The molecule has 12 unspecified atom stereocenters. The maximum Gasteiger partial charge on any atom is 0.317 e. The number of carbonyl (C=O) groups excluding carboxylic acids is 17. The van der Waals surface area contributed by atoms with Gasteiger partial charge in [0.1, 0.15) is 67.5 Å². The van der Waals surface area contributed by atoms with Gasteiger partial charge in [-0.3, -0.25) is 81.5 Å². The van der Waals surface area contributed by atoms with Crippen molar-refractivity contribution in [2.24, 2.45) is 0 Å². The number of amides is 6. The van der Waals surface area contributed by atoms with Gasteiger partial charge in [0.2, 0.25) is 35.4 Å². The van der Waals surface area contributed by atoms with Crippen LogP contribution in [0.25, 0.3) is 0 Å². The molecule has 0 aromatic carbocycles. The molecule has 0 aliphatic carbocycles. The van der Waals surface area contributed by atoms with Gasteiger partial charge in [0.05, 0.1) is 82.9 Å². The van der Waals surface area contributed by atoms with E-state index in [1.54, 1.807) is 20.8 Å². The zero-order valence-electron chi connectivity index (χ0n) is 93.8. The van der Waals surface area contributed by atoms with Crippen molar-refractivity contribution < 1.29 is 155 Å². The molecule has 0 aliphatic heterocycles. The number of nitrogens with one attached hydrogen (secondary N) is 6. The molecule has 0 rings (SSSR count). The normalized spacial score (nSPS) is 13.2. The molecule has 0 fully saturated rings. The third kappa shape index (κ3) is 92.8. The number of rotatable bonds is 93. The minimum Gasteiger partial charge on any atom is -0.465 e. The van der Waals surface area contributed by atoms with Crippen LogP contribution in [-0.4, -0.2) is 244 Å². The second-order valence-corrected chi connectivity index (χ2v) is 38.2. The Morgan fingerprint density at radius 3 is 0.507 bits per heavy atom. The van der Waals surface area contributed by atoms with E-state index in [1.807, 2.05) is 55.4 Å². The van der Waals surface area contributed by atoms with Crippen molar-refractivity contribution in [3.05, 3.63) is 0 Å². The van der Waals surface area contributed by atoms with Gasteiger partial charge >= 0.3 is 53.7 Å². The fraction of sp³-hybridized carbons (Fsp3) is 0.848. The predicted molar refractivity (Wildman–Crippen MR) is 574 cm³/mol. The van der Waals surface area contributed by atoms with Crippen LogP contribution in [-0.2, 0) is 124 Å². The molecular formula is C112H206N6O32. The van der Waals surface area contributed by atoms with Gasteiger partial charge in [-0.2, -0.15) is 0 Å². The second-order valence-electron chi connectivity index (χ2n) is 38.2. The topological polar surface area (TPSA) is 567 Å². The van der Waals surface area contributed by atoms with Gasteiger partial charge < -0.3 is 105 Å². The average Bonchev–Trinajstić information content (AvgIpc) is 0.921. The van der Waals surface area contributed by atoms with Gasteiger partial charge in [-0.15, -0.1) is 0 Å². The average molecular weight is 2150 g/mol. The van der Waals surface area contributed by atoms with E-state index in [9.17, 15) is 112 Å². The summed E-state index contributed by atoms with van der Waals surface area (Å²) in [5, 5.41) is 79.5. The van der Waals surface area contributed by atoms with Crippen molar-refractivity contribution in [1.82, 2.24) is 31.9 Å². The number of Topliss-reactive ketones (excluding diaryl/α,β-unsaturated/α-hetero) is 2. The second kappa shape index (κ2) is 104. The van der Waals surface area contributed by atoms with Crippen LogP contribution in [0, 0.1) is 0 Å². The smallest absolute Gasteiger partial charge is 0.317 e. The Morgan fingerprint density at radius 1 is 0.187 bits per heavy atom. The Balaban J connectivity index is -0.000000665. The molecule has 38 nitrogen and oxygen atoms in total. The molecule has 6 amide bonds. The summed E-state index contributed by atoms with van der Waals surface area (Å²) >= 11 is 0. The van der Waals surface area contributed by atoms with E-state index < -0.39 is 128 Å². The third-order valence-electron chi connectivity index (χ3n) is 24.0. The van der Waals surface area contributed by atoms with Gasteiger partial charge in [0.25, 0.3) is 0 Å². The van der Waals surface area contributed by atoms with E-state index in [0.717, 1.165) is 128 Å². The lowest BCUT2D eigenvalue weighted by Gasteiger charge is -2.23. The fourth-order valence-corrected chi connectivity index (χ4v) is 15.3. The summed E-state index contributed by atoms with van der Waals surface area (Å²) < 4.78 is 47.3. The molecule has 150 heavy (non-hydrogen) atoms. The predicted octanol–water partition coefficient (Wildman–Crippen LogP) is 17.0. The quantitative estimate of drug-likeness (QED) is 0.00884. The summed E-state index contributed by atoms with van der Waals surface area (Å²) in [6, 6.07) is 0. The van der Waals surface area contributed by atoms with Gasteiger partial charge in [-0.25, -0.2) is 0 Å². The lowest BCUT2D eigenvalue weighted by atomic mass is 10.0. The van der Waals surface area contributed by atoms with E-state index in [2.05, 4.69) is 52.7 Å². The first-order valence-electron chi connectivity index (χ1n) is 56.8. The summed E-state index contributed by atoms with van der Waals surface area (Å²) in [5.74, 6) is -6.25. The molecule has 0 aromatic heterocycles. The Labute approximate surface area is 898 Å². The van der Waals surface area contributed by atoms with Crippen LogP contribution in [0.4, 0.5) is 0 Å². The molecule has 12 N–H and O–H groups in total. The SMILES string of the molecule is C.CCCC(=O)CC(=O)CCC.CCCCCC(OC(=O)CC(=O)OCCC)C(O)CCCCC(=O)NCNC(=O)CCCCC(O)C(CCCCC)OC(=O)CC(=O)OCCC.CCCCCC(OC(=O)CC)C(O)CCCCC(=O)NCNC(=O)CCCCC(O)C(CCCCC)OC(=O)CC.CCCCCC(OC(=O)CC)C(O)CCCCC(=O)NCNC(=O)CCCCC(O)C(CCCCC)OC(=O)CC(=O)OCCC. The van der Waals surface area contributed by atoms with E-state index in [4.69, 9.17) is 42.6 Å². The number of hydrogen-bond acceptors (Lipinski definition) is 32. The Bertz CT molecular complexity index is 3370. The zero-order chi connectivity index (χ0) is 112. The first kappa shape index (κ1) is 150. The van der Waals surface area contributed by atoms with Crippen molar-refractivity contribution in [3.8, 4) is 0 Å². The van der Waals surface area contributed by atoms with Gasteiger partial charge in [-0.05, 0) is 186 Å². The van der Waals surface area contributed by atoms with Gasteiger partial charge in [-0.1, -0.05) is 220 Å². The minimum absolute atomic E-state index is 0. The molecule has 0 spiro atoms. The first-order chi connectivity index (χ1) is 71.4. The number of unbranched alkanes of at least 4 members (excludes halogenated alkanes) is 18. The molecule has 38 heteroatoms. The van der Waals surface area contributed by atoms with Crippen molar-refractivity contribution in [2.45, 2.75) is 576 Å². The van der Waals surface area contributed by atoms with Crippen molar-refractivity contribution >= 4 is 101 Å². The van der Waals surface area contributed by atoms with Crippen LogP contribution in [0.15, 0.2) is 0 Å². The number of esters is 9. The molecule has 876 valence electrons. The Kier molecular flexibility index (Phi) is 104. The molecule has 0 saturated heterocycles. The maximum absolute atomic E-state index is 12.2.